The molecule has 0 aromatic heterocycles. The molecule has 4 heteroatoms. The van der Waals surface area contributed by atoms with Crippen LogP contribution in [0.5, 0.6) is 0 Å². The first-order valence-electron chi connectivity index (χ1n) is 4.76. The number of anilines is 1. The van der Waals surface area contributed by atoms with E-state index in [-0.39, 0.29) is 6.54 Å². The van der Waals surface area contributed by atoms with E-state index >= 15 is 0 Å². The fraction of sp³-hybridized carbons (Fsp3) is 0.364. The first-order chi connectivity index (χ1) is 6.98. The van der Waals surface area contributed by atoms with Crippen LogP contribution in [0.1, 0.15) is 12.5 Å². The minimum Gasteiger partial charge on any atom is -0.481 e. The van der Waals surface area contributed by atoms with Gasteiger partial charge in [-0.1, -0.05) is 12.1 Å². The van der Waals surface area contributed by atoms with E-state index in [0.29, 0.717) is 12.1 Å². The van der Waals surface area contributed by atoms with Gasteiger partial charge in [-0.15, -0.1) is 0 Å². The summed E-state index contributed by atoms with van der Waals surface area (Å²) >= 11 is 0. The van der Waals surface area contributed by atoms with E-state index in [0.717, 1.165) is 5.56 Å². The van der Waals surface area contributed by atoms with E-state index in [1.165, 1.54) is 0 Å². The van der Waals surface area contributed by atoms with Crippen molar-refractivity contribution < 1.29 is 9.90 Å². The third-order valence-electron chi connectivity index (χ3n) is 2.54. The standard InChI is InChI=1S/C11H16N2O2/c1-11(7-12,10(14)15)6-8-2-4-9(13)5-3-8/h2-5H,6-7,12-13H2,1H3,(H,14,15). The fourth-order valence-corrected chi connectivity index (χ4v) is 1.32. The molecule has 1 aromatic carbocycles. The molecule has 0 radical (unpaired) electrons. The number of carboxylic acids is 1. The number of hydrogen-bond donors (Lipinski definition) is 3. The van der Waals surface area contributed by atoms with Crippen molar-refractivity contribution in [2.75, 3.05) is 12.3 Å². The second-order valence-electron chi connectivity index (χ2n) is 3.99. The van der Waals surface area contributed by atoms with Crippen molar-refractivity contribution in [3.63, 3.8) is 0 Å². The van der Waals surface area contributed by atoms with Gasteiger partial charge in [0, 0.05) is 12.2 Å². The Morgan fingerprint density at radius 1 is 1.40 bits per heavy atom. The number of benzene rings is 1. The monoisotopic (exact) mass is 208 g/mol. The molecule has 0 saturated carbocycles. The number of hydrogen-bond acceptors (Lipinski definition) is 3. The topological polar surface area (TPSA) is 89.3 Å². The molecule has 1 rings (SSSR count). The lowest BCUT2D eigenvalue weighted by molar-refractivity contribution is -0.147. The summed E-state index contributed by atoms with van der Waals surface area (Å²) in [5, 5.41) is 9.04. The lowest BCUT2D eigenvalue weighted by Gasteiger charge is -2.22. The number of nitrogen functional groups attached to an aromatic ring is 1. The van der Waals surface area contributed by atoms with Crippen LogP contribution >= 0.6 is 0 Å². The average molecular weight is 208 g/mol. The van der Waals surface area contributed by atoms with Gasteiger partial charge in [0.2, 0.25) is 0 Å². The van der Waals surface area contributed by atoms with Gasteiger partial charge in [0.1, 0.15) is 0 Å². The van der Waals surface area contributed by atoms with Crippen molar-refractivity contribution >= 4 is 11.7 Å². The molecule has 1 unspecified atom stereocenters. The third kappa shape index (κ3) is 2.70. The molecule has 5 N–H and O–H groups in total. The number of rotatable bonds is 4. The van der Waals surface area contributed by atoms with Gasteiger partial charge in [-0.25, -0.2) is 0 Å². The average Bonchev–Trinajstić information content (AvgIpc) is 2.21. The summed E-state index contributed by atoms with van der Waals surface area (Å²) < 4.78 is 0. The normalized spacial score (nSPS) is 14.5. The summed E-state index contributed by atoms with van der Waals surface area (Å²) in [6, 6.07) is 7.17. The van der Waals surface area contributed by atoms with Gasteiger partial charge in [0.25, 0.3) is 0 Å². The van der Waals surface area contributed by atoms with Crippen molar-refractivity contribution in [1.29, 1.82) is 0 Å². The Balaban J connectivity index is 2.84. The van der Waals surface area contributed by atoms with Crippen molar-refractivity contribution in [2.45, 2.75) is 13.3 Å². The van der Waals surface area contributed by atoms with E-state index in [4.69, 9.17) is 16.6 Å². The van der Waals surface area contributed by atoms with Crippen LogP contribution in [-0.4, -0.2) is 17.6 Å². The zero-order valence-electron chi connectivity index (χ0n) is 8.73. The van der Waals surface area contributed by atoms with Gasteiger partial charge in [-0.05, 0) is 31.0 Å². The molecule has 0 aliphatic carbocycles. The molecule has 0 aliphatic heterocycles. The molecule has 15 heavy (non-hydrogen) atoms. The highest BCUT2D eigenvalue weighted by Crippen LogP contribution is 2.22. The molecule has 1 aromatic rings. The second-order valence-corrected chi connectivity index (χ2v) is 3.99. The number of aliphatic carboxylic acids is 1. The zero-order valence-corrected chi connectivity index (χ0v) is 8.73. The summed E-state index contributed by atoms with van der Waals surface area (Å²) in [5.41, 5.74) is 11.7. The highest BCUT2D eigenvalue weighted by atomic mass is 16.4. The maximum Gasteiger partial charge on any atom is 0.310 e. The molecule has 82 valence electrons. The van der Waals surface area contributed by atoms with Crippen LogP contribution < -0.4 is 11.5 Å². The Morgan fingerprint density at radius 2 is 1.93 bits per heavy atom. The molecule has 0 fully saturated rings. The lowest BCUT2D eigenvalue weighted by Crippen LogP contribution is -2.37. The molecule has 0 bridgehead atoms. The lowest BCUT2D eigenvalue weighted by atomic mass is 9.84. The van der Waals surface area contributed by atoms with Crippen LogP contribution in [0.3, 0.4) is 0 Å². The van der Waals surface area contributed by atoms with Crippen LogP contribution in [0.4, 0.5) is 5.69 Å². The van der Waals surface area contributed by atoms with Crippen molar-refractivity contribution in [3.05, 3.63) is 29.8 Å². The number of carbonyl (C=O) groups is 1. The van der Waals surface area contributed by atoms with Gasteiger partial charge in [-0.3, -0.25) is 4.79 Å². The Kier molecular flexibility index (Phi) is 3.31. The molecule has 0 amide bonds. The Morgan fingerprint density at radius 3 is 2.33 bits per heavy atom. The molecule has 0 saturated heterocycles. The van der Waals surface area contributed by atoms with Crippen molar-refractivity contribution in [2.24, 2.45) is 11.1 Å². The SMILES string of the molecule is CC(CN)(Cc1ccc(N)cc1)C(=O)O. The quantitative estimate of drug-likeness (QED) is 0.640. The zero-order chi connectivity index (χ0) is 11.5. The minimum absolute atomic E-state index is 0.118. The van der Waals surface area contributed by atoms with E-state index in [2.05, 4.69) is 0 Å². The highest BCUT2D eigenvalue weighted by molar-refractivity contribution is 5.75. The van der Waals surface area contributed by atoms with Crippen molar-refractivity contribution in [1.82, 2.24) is 0 Å². The second kappa shape index (κ2) is 4.31. The molecular weight excluding hydrogens is 192 g/mol. The predicted molar refractivity (Wildman–Crippen MR) is 59.4 cm³/mol. The van der Waals surface area contributed by atoms with Crippen LogP contribution in [0.25, 0.3) is 0 Å². The van der Waals surface area contributed by atoms with E-state index in [9.17, 15) is 4.79 Å². The van der Waals surface area contributed by atoms with Gasteiger partial charge in [0.15, 0.2) is 0 Å². The Bertz CT molecular complexity index is 348. The predicted octanol–water partition coefficient (Wildman–Crippen LogP) is 0.861. The molecule has 0 spiro atoms. The minimum atomic E-state index is -0.907. The maximum absolute atomic E-state index is 11.0. The molecule has 1 atom stereocenters. The first kappa shape index (κ1) is 11.5. The molecule has 4 nitrogen and oxygen atoms in total. The van der Waals surface area contributed by atoms with Gasteiger partial charge in [-0.2, -0.15) is 0 Å². The largest absolute Gasteiger partial charge is 0.481 e. The van der Waals surface area contributed by atoms with E-state index in [1.54, 1.807) is 19.1 Å². The summed E-state index contributed by atoms with van der Waals surface area (Å²) in [6.45, 7) is 1.76. The third-order valence-corrected chi connectivity index (χ3v) is 2.54. The highest BCUT2D eigenvalue weighted by Gasteiger charge is 2.31. The maximum atomic E-state index is 11.0. The van der Waals surface area contributed by atoms with Crippen LogP contribution in [0.15, 0.2) is 24.3 Å². The van der Waals surface area contributed by atoms with Crippen molar-refractivity contribution in [3.8, 4) is 0 Å². The van der Waals surface area contributed by atoms with E-state index in [1.807, 2.05) is 12.1 Å². The summed E-state index contributed by atoms with van der Waals surface area (Å²) in [6.07, 6.45) is 0.416. The van der Waals surface area contributed by atoms with Gasteiger partial charge >= 0.3 is 5.97 Å². The van der Waals surface area contributed by atoms with Crippen LogP contribution in [-0.2, 0) is 11.2 Å². The summed E-state index contributed by atoms with van der Waals surface area (Å²) in [4.78, 5) is 11.0. The number of carboxylic acid groups (broad SMARTS) is 1. The molecular formula is C11H16N2O2. The van der Waals surface area contributed by atoms with Crippen LogP contribution in [0.2, 0.25) is 0 Å². The number of nitrogens with two attached hydrogens (primary N) is 2. The Hall–Kier alpha value is -1.55. The molecule has 0 heterocycles. The molecule has 0 aliphatic rings. The summed E-state index contributed by atoms with van der Waals surface area (Å²) in [7, 11) is 0. The van der Waals surface area contributed by atoms with Crippen LogP contribution in [0, 0.1) is 5.41 Å². The van der Waals surface area contributed by atoms with Gasteiger partial charge < -0.3 is 16.6 Å². The fourth-order valence-electron chi connectivity index (χ4n) is 1.32. The van der Waals surface area contributed by atoms with E-state index < -0.39 is 11.4 Å². The first-order valence-corrected chi connectivity index (χ1v) is 4.76. The summed E-state index contributed by atoms with van der Waals surface area (Å²) in [5.74, 6) is -0.873. The Labute approximate surface area is 88.9 Å². The smallest absolute Gasteiger partial charge is 0.310 e. The van der Waals surface area contributed by atoms with Gasteiger partial charge in [0.05, 0.1) is 5.41 Å².